The van der Waals surface area contributed by atoms with Crippen LogP contribution in [-0.2, 0) is 4.79 Å². The summed E-state index contributed by atoms with van der Waals surface area (Å²) < 4.78 is 0. The number of hydrogen-bond donors (Lipinski definition) is 2. The first kappa shape index (κ1) is 14.5. The Morgan fingerprint density at radius 1 is 1.47 bits per heavy atom. The summed E-state index contributed by atoms with van der Waals surface area (Å²) in [6, 6.07) is -0.433. The highest BCUT2D eigenvalue weighted by molar-refractivity contribution is 5.73. The van der Waals surface area contributed by atoms with E-state index in [4.69, 9.17) is 5.11 Å². The molecule has 0 bridgehead atoms. The van der Waals surface area contributed by atoms with Crippen molar-refractivity contribution in [2.45, 2.75) is 45.1 Å². The number of hydrogen-bond acceptors (Lipinski definition) is 3. The molecule has 0 amide bonds. The molecular weight excluding hydrogens is 216 g/mol. The molecule has 0 radical (unpaired) electrons. The summed E-state index contributed by atoms with van der Waals surface area (Å²) in [5, 5.41) is 11.9. The number of rotatable bonds is 6. The predicted molar refractivity (Wildman–Crippen MR) is 69.2 cm³/mol. The molecule has 1 saturated heterocycles. The van der Waals surface area contributed by atoms with Crippen molar-refractivity contribution in [3.05, 3.63) is 0 Å². The standard InChI is InChI=1S/C13H26N2O2/c1-3-5-11-6-4-8-15(9-7-11)10-12(14-2)13(16)17/h11-12,14H,3-10H2,1-2H3,(H,16,17). The number of nitrogens with one attached hydrogen (secondary N) is 1. The Bertz CT molecular complexity index is 233. The van der Waals surface area contributed by atoms with Crippen molar-refractivity contribution in [1.29, 1.82) is 0 Å². The predicted octanol–water partition coefficient (Wildman–Crippen LogP) is 1.56. The van der Waals surface area contributed by atoms with Crippen molar-refractivity contribution in [2.24, 2.45) is 5.92 Å². The molecule has 2 unspecified atom stereocenters. The molecule has 17 heavy (non-hydrogen) atoms. The van der Waals surface area contributed by atoms with Crippen molar-refractivity contribution < 1.29 is 9.90 Å². The minimum absolute atomic E-state index is 0.433. The number of carbonyl (C=O) groups is 1. The van der Waals surface area contributed by atoms with Crippen molar-refractivity contribution >= 4 is 5.97 Å². The molecule has 0 aromatic rings. The van der Waals surface area contributed by atoms with E-state index < -0.39 is 12.0 Å². The van der Waals surface area contributed by atoms with Crippen LogP contribution >= 0.6 is 0 Å². The van der Waals surface area contributed by atoms with E-state index in [9.17, 15) is 4.79 Å². The van der Waals surface area contributed by atoms with Crippen LogP contribution in [0.25, 0.3) is 0 Å². The fourth-order valence-corrected chi connectivity index (χ4v) is 2.66. The van der Waals surface area contributed by atoms with Crippen LogP contribution in [0.2, 0.25) is 0 Å². The minimum atomic E-state index is -0.748. The van der Waals surface area contributed by atoms with E-state index in [2.05, 4.69) is 17.1 Å². The zero-order valence-electron chi connectivity index (χ0n) is 11.1. The highest BCUT2D eigenvalue weighted by Crippen LogP contribution is 2.21. The van der Waals surface area contributed by atoms with Crippen molar-refractivity contribution in [3.63, 3.8) is 0 Å². The SMILES string of the molecule is CCCC1CCCN(CC(NC)C(=O)O)CC1. The molecule has 4 nitrogen and oxygen atoms in total. The Hall–Kier alpha value is -0.610. The second-order valence-electron chi connectivity index (χ2n) is 5.07. The van der Waals surface area contributed by atoms with Gasteiger partial charge in [-0.2, -0.15) is 0 Å². The van der Waals surface area contributed by atoms with Gasteiger partial charge in [-0.05, 0) is 45.3 Å². The number of likely N-dealkylation sites (N-methyl/N-ethyl adjacent to an activating group) is 1. The molecule has 4 heteroatoms. The van der Waals surface area contributed by atoms with E-state index in [0.29, 0.717) is 6.54 Å². The number of carboxylic acid groups (broad SMARTS) is 1. The molecule has 1 aliphatic rings. The summed E-state index contributed by atoms with van der Waals surface area (Å²) >= 11 is 0. The maximum absolute atomic E-state index is 11.0. The van der Waals surface area contributed by atoms with Gasteiger partial charge in [0, 0.05) is 6.54 Å². The van der Waals surface area contributed by atoms with Gasteiger partial charge in [-0.25, -0.2) is 0 Å². The van der Waals surface area contributed by atoms with E-state index in [1.807, 2.05) is 0 Å². The van der Waals surface area contributed by atoms with Gasteiger partial charge < -0.3 is 15.3 Å². The van der Waals surface area contributed by atoms with Crippen LogP contribution in [0.3, 0.4) is 0 Å². The van der Waals surface area contributed by atoms with Crippen molar-refractivity contribution in [2.75, 3.05) is 26.7 Å². The molecule has 0 aromatic heterocycles. The van der Waals surface area contributed by atoms with Crippen LogP contribution in [0, 0.1) is 5.92 Å². The molecule has 0 aromatic carbocycles. The van der Waals surface area contributed by atoms with Gasteiger partial charge in [-0.15, -0.1) is 0 Å². The van der Waals surface area contributed by atoms with Gasteiger partial charge in [0.05, 0.1) is 0 Å². The molecule has 0 aliphatic carbocycles. The Morgan fingerprint density at radius 3 is 2.82 bits per heavy atom. The fraction of sp³-hybridized carbons (Fsp3) is 0.923. The summed E-state index contributed by atoms with van der Waals surface area (Å²) in [6.45, 7) is 4.97. The maximum Gasteiger partial charge on any atom is 0.322 e. The molecule has 2 N–H and O–H groups in total. The Kier molecular flexibility index (Phi) is 6.52. The third-order valence-corrected chi connectivity index (χ3v) is 3.72. The van der Waals surface area contributed by atoms with Gasteiger partial charge >= 0.3 is 5.97 Å². The van der Waals surface area contributed by atoms with E-state index >= 15 is 0 Å². The molecular formula is C13H26N2O2. The fourth-order valence-electron chi connectivity index (χ4n) is 2.66. The zero-order valence-corrected chi connectivity index (χ0v) is 11.1. The Balaban J connectivity index is 2.37. The Morgan fingerprint density at radius 2 is 2.24 bits per heavy atom. The maximum atomic E-state index is 11.0. The average Bonchev–Trinajstić information content (AvgIpc) is 2.52. The number of likely N-dealkylation sites (tertiary alicyclic amines) is 1. The molecule has 1 aliphatic heterocycles. The second kappa shape index (κ2) is 7.67. The van der Waals surface area contributed by atoms with E-state index in [1.165, 1.54) is 32.1 Å². The van der Waals surface area contributed by atoms with Crippen LogP contribution in [0.1, 0.15) is 39.0 Å². The summed E-state index contributed by atoms with van der Waals surface area (Å²) in [7, 11) is 1.72. The highest BCUT2D eigenvalue weighted by atomic mass is 16.4. The van der Waals surface area contributed by atoms with Crippen LogP contribution in [0.5, 0.6) is 0 Å². The van der Waals surface area contributed by atoms with Crippen LogP contribution in [0.15, 0.2) is 0 Å². The molecule has 0 spiro atoms. The summed E-state index contributed by atoms with van der Waals surface area (Å²) in [4.78, 5) is 13.3. The third kappa shape index (κ3) is 5.04. The number of nitrogens with zero attached hydrogens (tertiary/aromatic N) is 1. The summed E-state index contributed by atoms with van der Waals surface area (Å²) in [5.74, 6) is 0.102. The van der Waals surface area contributed by atoms with Gasteiger partial charge in [-0.3, -0.25) is 4.79 Å². The third-order valence-electron chi connectivity index (χ3n) is 3.72. The summed E-state index contributed by atoms with van der Waals surface area (Å²) in [5.41, 5.74) is 0. The van der Waals surface area contributed by atoms with Gasteiger partial charge in [-0.1, -0.05) is 19.8 Å². The van der Waals surface area contributed by atoms with Crippen molar-refractivity contribution in [3.8, 4) is 0 Å². The zero-order chi connectivity index (χ0) is 12.7. The van der Waals surface area contributed by atoms with Crippen LogP contribution < -0.4 is 5.32 Å². The normalized spacial score (nSPS) is 24.2. The van der Waals surface area contributed by atoms with Crippen molar-refractivity contribution in [1.82, 2.24) is 10.2 Å². The monoisotopic (exact) mass is 242 g/mol. The first-order valence-electron chi connectivity index (χ1n) is 6.79. The lowest BCUT2D eigenvalue weighted by atomic mass is 9.96. The lowest BCUT2D eigenvalue weighted by Crippen LogP contribution is -2.44. The van der Waals surface area contributed by atoms with Gasteiger partial charge in [0.25, 0.3) is 0 Å². The number of aliphatic carboxylic acids is 1. The van der Waals surface area contributed by atoms with Crippen LogP contribution in [-0.4, -0.2) is 48.7 Å². The first-order chi connectivity index (χ1) is 8.17. The lowest BCUT2D eigenvalue weighted by Gasteiger charge is -2.23. The van der Waals surface area contributed by atoms with Crippen LogP contribution in [0.4, 0.5) is 0 Å². The van der Waals surface area contributed by atoms with Gasteiger partial charge in [0.2, 0.25) is 0 Å². The van der Waals surface area contributed by atoms with E-state index in [0.717, 1.165) is 19.0 Å². The Labute approximate surface area is 104 Å². The first-order valence-corrected chi connectivity index (χ1v) is 6.79. The van der Waals surface area contributed by atoms with E-state index in [-0.39, 0.29) is 0 Å². The van der Waals surface area contributed by atoms with E-state index in [1.54, 1.807) is 7.05 Å². The average molecular weight is 242 g/mol. The summed E-state index contributed by atoms with van der Waals surface area (Å²) in [6.07, 6.45) is 6.33. The molecule has 1 heterocycles. The molecule has 1 fully saturated rings. The molecule has 1 rings (SSSR count). The smallest absolute Gasteiger partial charge is 0.322 e. The number of carboxylic acids is 1. The van der Waals surface area contributed by atoms with Gasteiger partial charge in [0.15, 0.2) is 0 Å². The quantitative estimate of drug-likeness (QED) is 0.742. The lowest BCUT2D eigenvalue weighted by molar-refractivity contribution is -0.139. The molecule has 100 valence electrons. The molecule has 0 saturated carbocycles. The van der Waals surface area contributed by atoms with Gasteiger partial charge in [0.1, 0.15) is 6.04 Å². The second-order valence-corrected chi connectivity index (χ2v) is 5.07. The minimum Gasteiger partial charge on any atom is -0.480 e. The largest absolute Gasteiger partial charge is 0.480 e. The topological polar surface area (TPSA) is 52.6 Å². The highest BCUT2D eigenvalue weighted by Gasteiger charge is 2.22. The molecule has 2 atom stereocenters.